The number of benzene rings is 1. The zero-order chi connectivity index (χ0) is 24.5. The van der Waals surface area contributed by atoms with E-state index in [2.05, 4.69) is 22.9 Å². The van der Waals surface area contributed by atoms with Crippen molar-refractivity contribution in [2.45, 2.75) is 82.3 Å². The van der Waals surface area contributed by atoms with Crippen LogP contribution in [0.5, 0.6) is 0 Å². The minimum absolute atomic E-state index is 0.0216. The summed E-state index contributed by atoms with van der Waals surface area (Å²) in [5, 5.41) is 10.5. The second-order valence-corrected chi connectivity index (χ2v) is 12.8. The molecule has 5 fully saturated rings. The van der Waals surface area contributed by atoms with E-state index < -0.39 is 11.9 Å². The predicted molar refractivity (Wildman–Crippen MR) is 134 cm³/mol. The Morgan fingerprint density at radius 2 is 1.91 bits per heavy atom. The first-order valence-electron chi connectivity index (χ1n) is 13.2. The van der Waals surface area contributed by atoms with Gasteiger partial charge in [-0.25, -0.2) is 4.39 Å². The number of carbonyl (C=O) groups is 2. The predicted octanol–water partition coefficient (Wildman–Crippen LogP) is 5.15. The van der Waals surface area contributed by atoms with Crippen molar-refractivity contribution in [1.82, 2.24) is 16.0 Å². The SMILES string of the molecule is CC1([C@H](NC(=O)[C@@H]2CC[C@@H](NC(=O)[C@@H]3C[C@@]45NCC[C@@H]4C35)C2)c2c(F)ccc(Cl)c2Cl)CCCC1. The van der Waals surface area contributed by atoms with Crippen molar-refractivity contribution < 1.29 is 14.0 Å². The Bertz CT molecular complexity index is 1060. The van der Waals surface area contributed by atoms with Gasteiger partial charge < -0.3 is 16.0 Å². The van der Waals surface area contributed by atoms with Crippen molar-refractivity contribution in [3.63, 3.8) is 0 Å². The summed E-state index contributed by atoms with van der Waals surface area (Å²) >= 11 is 12.7. The molecule has 1 spiro atoms. The van der Waals surface area contributed by atoms with Crippen LogP contribution in [0.4, 0.5) is 4.39 Å². The topological polar surface area (TPSA) is 70.2 Å². The minimum Gasteiger partial charge on any atom is -0.353 e. The summed E-state index contributed by atoms with van der Waals surface area (Å²) in [5.74, 6) is 0.761. The maximum absolute atomic E-state index is 15.0. The van der Waals surface area contributed by atoms with E-state index in [9.17, 15) is 9.59 Å². The van der Waals surface area contributed by atoms with Gasteiger partial charge in [0.2, 0.25) is 11.8 Å². The molecule has 4 saturated carbocycles. The van der Waals surface area contributed by atoms with Crippen molar-refractivity contribution in [2.24, 2.45) is 29.1 Å². The molecule has 1 heterocycles. The molecule has 3 N–H and O–H groups in total. The number of rotatable bonds is 6. The third-order valence-corrected chi connectivity index (χ3v) is 10.9. The van der Waals surface area contributed by atoms with Crippen molar-refractivity contribution >= 4 is 35.0 Å². The molecule has 35 heavy (non-hydrogen) atoms. The van der Waals surface area contributed by atoms with Crippen LogP contribution in [0.25, 0.3) is 0 Å². The lowest BCUT2D eigenvalue weighted by Crippen LogP contribution is -2.50. The summed E-state index contributed by atoms with van der Waals surface area (Å²) in [6.45, 7) is 3.19. The number of carbonyl (C=O) groups excluding carboxylic acids is 2. The van der Waals surface area contributed by atoms with E-state index >= 15 is 4.39 Å². The van der Waals surface area contributed by atoms with E-state index in [1.165, 1.54) is 18.6 Å². The second kappa shape index (κ2) is 8.59. The maximum atomic E-state index is 15.0. The molecule has 190 valence electrons. The van der Waals surface area contributed by atoms with Crippen molar-refractivity contribution in [3.05, 3.63) is 33.6 Å². The van der Waals surface area contributed by atoms with Crippen LogP contribution in [0.2, 0.25) is 10.0 Å². The molecule has 0 radical (unpaired) electrons. The summed E-state index contributed by atoms with van der Waals surface area (Å²) < 4.78 is 15.0. The van der Waals surface area contributed by atoms with Gasteiger partial charge in [0.05, 0.1) is 16.1 Å². The Kier molecular flexibility index (Phi) is 5.89. The fraction of sp³-hybridized carbons (Fsp3) is 0.704. The average molecular weight is 522 g/mol. The molecule has 7 atom stereocenters. The quantitative estimate of drug-likeness (QED) is 0.453. The highest BCUT2D eigenvalue weighted by Gasteiger charge is 2.78. The van der Waals surface area contributed by atoms with Gasteiger partial charge in [0.15, 0.2) is 0 Å². The molecular weight excluding hydrogens is 488 g/mol. The first-order chi connectivity index (χ1) is 16.7. The highest BCUT2D eigenvalue weighted by molar-refractivity contribution is 6.42. The molecule has 8 heteroatoms. The largest absolute Gasteiger partial charge is 0.353 e. The van der Waals surface area contributed by atoms with Crippen molar-refractivity contribution in [2.75, 3.05) is 6.54 Å². The molecule has 1 aliphatic heterocycles. The first-order valence-corrected chi connectivity index (χ1v) is 14.0. The van der Waals surface area contributed by atoms with Gasteiger partial charge in [-0.05, 0) is 80.9 Å². The Morgan fingerprint density at radius 3 is 2.66 bits per heavy atom. The van der Waals surface area contributed by atoms with Crippen LogP contribution in [0.15, 0.2) is 12.1 Å². The third-order valence-electron chi connectivity index (χ3n) is 10.1. The van der Waals surface area contributed by atoms with Gasteiger partial charge in [0, 0.05) is 29.0 Å². The van der Waals surface area contributed by atoms with Crippen LogP contribution in [-0.4, -0.2) is 29.9 Å². The van der Waals surface area contributed by atoms with Gasteiger partial charge in [-0.15, -0.1) is 0 Å². The van der Waals surface area contributed by atoms with Crippen molar-refractivity contribution in [1.29, 1.82) is 0 Å². The summed E-state index contributed by atoms with van der Waals surface area (Å²) in [5.41, 5.74) is 0.290. The normalized spacial score (nSPS) is 37.2. The molecule has 5 aliphatic rings. The first kappa shape index (κ1) is 24.0. The summed E-state index contributed by atoms with van der Waals surface area (Å²) in [6, 6.07) is 2.27. The van der Waals surface area contributed by atoms with E-state index in [4.69, 9.17) is 23.2 Å². The van der Waals surface area contributed by atoms with E-state index in [1.54, 1.807) is 0 Å². The number of piperidine rings is 1. The molecule has 4 aliphatic carbocycles. The molecule has 2 amide bonds. The number of amides is 2. The molecule has 1 aromatic carbocycles. The lowest BCUT2D eigenvalue weighted by Gasteiger charge is -2.36. The van der Waals surface area contributed by atoms with Gasteiger partial charge in [0.1, 0.15) is 5.82 Å². The van der Waals surface area contributed by atoms with Crippen LogP contribution in [0.3, 0.4) is 0 Å². The standard InChI is InChI=1S/C27H34Cl2FN3O2/c1-26(9-2-3-10-26)23(20-19(30)7-6-18(28)22(20)29)33-24(34)14-4-5-15(12-14)32-25(35)16-13-27-17(21(16)27)8-11-31-27/h6-7,14-17,21,23,31H,2-5,8-13H2,1H3,(H,32,35)(H,33,34)/t14-,15-,16-,17-,21?,23-,27-/m1/s1. The zero-order valence-electron chi connectivity index (χ0n) is 20.1. The molecule has 6 rings (SSSR count). The monoisotopic (exact) mass is 521 g/mol. The van der Waals surface area contributed by atoms with E-state index in [-0.39, 0.29) is 45.7 Å². The lowest BCUT2D eigenvalue weighted by molar-refractivity contribution is -0.130. The third kappa shape index (κ3) is 3.81. The van der Waals surface area contributed by atoms with E-state index in [0.29, 0.717) is 35.3 Å². The zero-order valence-corrected chi connectivity index (χ0v) is 21.7. The van der Waals surface area contributed by atoms with Crippen LogP contribution in [0.1, 0.15) is 76.3 Å². The van der Waals surface area contributed by atoms with Crippen LogP contribution in [-0.2, 0) is 9.59 Å². The Hall–Kier alpha value is -1.37. The number of fused-ring (bicyclic) bond motifs is 1. The smallest absolute Gasteiger partial charge is 0.223 e. The van der Waals surface area contributed by atoms with Gasteiger partial charge in [-0.2, -0.15) is 0 Å². The van der Waals surface area contributed by atoms with E-state index in [0.717, 1.165) is 45.1 Å². The Labute approximate surface area is 216 Å². The van der Waals surface area contributed by atoms with E-state index in [1.807, 2.05) is 0 Å². The Morgan fingerprint density at radius 1 is 1.14 bits per heavy atom. The van der Waals surface area contributed by atoms with Gasteiger partial charge in [-0.1, -0.05) is 43.0 Å². The van der Waals surface area contributed by atoms with Crippen molar-refractivity contribution in [3.8, 4) is 0 Å². The summed E-state index contributed by atoms with van der Waals surface area (Å²) in [6.07, 6.45) is 8.15. The summed E-state index contributed by atoms with van der Waals surface area (Å²) in [4.78, 5) is 26.3. The van der Waals surface area contributed by atoms with Gasteiger partial charge in [0.25, 0.3) is 0 Å². The molecular formula is C27H34Cl2FN3O2. The molecule has 1 aromatic rings. The number of hydrogen-bond donors (Lipinski definition) is 3. The number of halogens is 3. The Balaban J connectivity index is 1.11. The highest BCUT2D eigenvalue weighted by atomic mass is 35.5. The minimum atomic E-state index is -0.537. The second-order valence-electron chi connectivity index (χ2n) is 12.0. The lowest BCUT2D eigenvalue weighted by atomic mass is 9.76. The van der Waals surface area contributed by atoms with Crippen LogP contribution < -0.4 is 16.0 Å². The average Bonchev–Trinajstić information content (AvgIpc) is 3.39. The molecule has 1 unspecified atom stereocenters. The van der Waals surface area contributed by atoms with Crippen LogP contribution >= 0.6 is 23.2 Å². The van der Waals surface area contributed by atoms with Gasteiger partial charge in [-0.3, -0.25) is 9.59 Å². The van der Waals surface area contributed by atoms with Crippen LogP contribution in [0, 0.1) is 34.9 Å². The molecule has 1 saturated heterocycles. The summed E-state index contributed by atoms with van der Waals surface area (Å²) in [7, 11) is 0. The molecule has 0 bridgehead atoms. The fourth-order valence-electron chi connectivity index (χ4n) is 8.07. The molecule has 5 nitrogen and oxygen atoms in total. The highest BCUT2D eigenvalue weighted by Crippen LogP contribution is 2.71. The van der Waals surface area contributed by atoms with Gasteiger partial charge >= 0.3 is 0 Å². The molecule has 0 aromatic heterocycles. The fourth-order valence-corrected chi connectivity index (χ4v) is 8.50. The number of nitrogens with one attached hydrogen (secondary N) is 3. The maximum Gasteiger partial charge on any atom is 0.223 e. The number of hydrogen-bond acceptors (Lipinski definition) is 3.